The van der Waals surface area contributed by atoms with E-state index in [2.05, 4.69) is 31.2 Å². The second-order valence-electron chi connectivity index (χ2n) is 5.21. The highest BCUT2D eigenvalue weighted by Crippen LogP contribution is 2.29. The molecule has 0 atom stereocenters. The van der Waals surface area contributed by atoms with E-state index in [0.717, 1.165) is 16.8 Å². The number of nitrogens with zero attached hydrogens (tertiary/aromatic N) is 2. The van der Waals surface area contributed by atoms with Gasteiger partial charge in [0.05, 0.1) is 4.47 Å². The lowest BCUT2D eigenvalue weighted by atomic mass is 10.2. The molecule has 0 saturated carbocycles. The van der Waals surface area contributed by atoms with Crippen LogP contribution in [0.3, 0.4) is 0 Å². The number of halogens is 3. The van der Waals surface area contributed by atoms with Crippen molar-refractivity contribution in [2.75, 3.05) is 5.32 Å². The van der Waals surface area contributed by atoms with Gasteiger partial charge < -0.3 is 5.32 Å². The van der Waals surface area contributed by atoms with Crippen LogP contribution in [0.5, 0.6) is 0 Å². The second kappa shape index (κ2) is 6.28. The second-order valence-corrected chi connectivity index (χ2v) is 6.42. The highest BCUT2D eigenvalue weighted by atomic mass is 79.9. The van der Waals surface area contributed by atoms with Gasteiger partial charge in [-0.2, -0.15) is 0 Å². The molecular weight excluding hydrogens is 357 g/mol. The molecule has 1 N–H and O–H groups in total. The molecule has 21 heavy (non-hydrogen) atoms. The van der Waals surface area contributed by atoms with Crippen LogP contribution >= 0.6 is 27.5 Å². The molecule has 112 valence electrons. The number of nitrogens with one attached hydrogen (secondary N) is 1. The van der Waals surface area contributed by atoms with Gasteiger partial charge in [0.2, 0.25) is 0 Å². The van der Waals surface area contributed by atoms with E-state index in [4.69, 9.17) is 11.6 Å². The van der Waals surface area contributed by atoms with Crippen molar-refractivity contribution in [2.45, 2.75) is 33.6 Å². The normalized spacial score (nSPS) is 11.0. The predicted octanol–water partition coefficient (Wildman–Crippen LogP) is 5.52. The van der Waals surface area contributed by atoms with E-state index in [-0.39, 0.29) is 11.7 Å². The third-order valence-electron chi connectivity index (χ3n) is 3.14. The van der Waals surface area contributed by atoms with Crippen molar-refractivity contribution in [2.24, 2.45) is 0 Å². The summed E-state index contributed by atoms with van der Waals surface area (Å²) in [6, 6.07) is 3.16. The lowest BCUT2D eigenvalue weighted by Gasteiger charge is -2.15. The van der Waals surface area contributed by atoms with Crippen LogP contribution in [0.25, 0.3) is 0 Å². The highest BCUT2D eigenvalue weighted by Gasteiger charge is 2.13. The van der Waals surface area contributed by atoms with Gasteiger partial charge in [-0.05, 0) is 47.5 Å². The zero-order valence-electron chi connectivity index (χ0n) is 12.3. The summed E-state index contributed by atoms with van der Waals surface area (Å²) in [6.07, 6.45) is 0. The molecule has 0 spiro atoms. The molecule has 0 saturated heterocycles. The van der Waals surface area contributed by atoms with Gasteiger partial charge in [-0.25, -0.2) is 14.4 Å². The fourth-order valence-electron chi connectivity index (χ4n) is 1.79. The molecular formula is C15H16BrClFN3. The third-order valence-corrected chi connectivity index (χ3v) is 4.12. The minimum absolute atomic E-state index is 0.171. The maximum absolute atomic E-state index is 13.5. The first-order valence-corrected chi connectivity index (χ1v) is 7.73. The zero-order valence-corrected chi connectivity index (χ0v) is 14.6. The highest BCUT2D eigenvalue weighted by molar-refractivity contribution is 9.10. The van der Waals surface area contributed by atoms with Gasteiger partial charge in [0, 0.05) is 17.2 Å². The molecule has 0 aliphatic carbocycles. The number of benzene rings is 1. The van der Waals surface area contributed by atoms with Gasteiger partial charge in [0.15, 0.2) is 0 Å². The molecule has 2 rings (SSSR count). The summed E-state index contributed by atoms with van der Waals surface area (Å²) in [6.45, 7) is 7.69. The molecule has 0 fully saturated rings. The molecule has 1 aromatic heterocycles. The molecule has 6 heteroatoms. The first kappa shape index (κ1) is 16.2. The summed E-state index contributed by atoms with van der Waals surface area (Å²) in [4.78, 5) is 8.78. The van der Waals surface area contributed by atoms with Gasteiger partial charge in [0.25, 0.3) is 0 Å². The monoisotopic (exact) mass is 371 g/mol. The first-order chi connectivity index (χ1) is 9.79. The van der Waals surface area contributed by atoms with Crippen LogP contribution in [-0.4, -0.2) is 9.97 Å². The average molecular weight is 373 g/mol. The summed E-state index contributed by atoms with van der Waals surface area (Å²) in [5.74, 6) is 1.19. The Hall–Kier alpha value is -1.20. The van der Waals surface area contributed by atoms with Crippen LogP contribution in [0, 0.1) is 19.7 Å². The summed E-state index contributed by atoms with van der Waals surface area (Å²) >= 11 is 9.36. The van der Waals surface area contributed by atoms with Crippen molar-refractivity contribution in [3.63, 3.8) is 0 Å². The Labute approximate surface area is 137 Å². The molecule has 0 aliphatic heterocycles. The predicted molar refractivity (Wildman–Crippen MR) is 88.0 cm³/mol. The van der Waals surface area contributed by atoms with Crippen molar-refractivity contribution in [1.82, 2.24) is 9.97 Å². The van der Waals surface area contributed by atoms with Gasteiger partial charge in [-0.1, -0.05) is 25.4 Å². The minimum atomic E-state index is -0.293. The van der Waals surface area contributed by atoms with E-state index in [9.17, 15) is 4.39 Å². The largest absolute Gasteiger partial charge is 0.340 e. The smallest absolute Gasteiger partial charge is 0.138 e. The van der Waals surface area contributed by atoms with E-state index < -0.39 is 0 Å². The zero-order chi connectivity index (χ0) is 15.7. The van der Waals surface area contributed by atoms with E-state index in [1.807, 2.05) is 27.7 Å². The van der Waals surface area contributed by atoms with Crippen LogP contribution in [0.15, 0.2) is 16.6 Å². The maximum Gasteiger partial charge on any atom is 0.138 e. The standard InChI is InChI=1S/C15H16BrClFN3/c1-7(2)14-20-13(17)9(4)15(21-14)19-12-6-10(16)11(18)5-8(12)3/h5-7H,1-4H3,(H,19,20,21). The molecule has 3 nitrogen and oxygen atoms in total. The SMILES string of the molecule is Cc1cc(F)c(Br)cc1Nc1nc(C(C)C)nc(Cl)c1C. The Kier molecular flexibility index (Phi) is 4.84. The van der Waals surface area contributed by atoms with Gasteiger partial charge in [-0.15, -0.1) is 0 Å². The van der Waals surface area contributed by atoms with Crippen LogP contribution < -0.4 is 5.32 Å². The van der Waals surface area contributed by atoms with E-state index in [1.54, 1.807) is 6.07 Å². The molecule has 1 heterocycles. The first-order valence-electron chi connectivity index (χ1n) is 6.56. The van der Waals surface area contributed by atoms with E-state index in [0.29, 0.717) is 21.3 Å². The van der Waals surface area contributed by atoms with Gasteiger partial charge in [0.1, 0.15) is 22.6 Å². The summed E-state index contributed by atoms with van der Waals surface area (Å²) < 4.78 is 13.9. The van der Waals surface area contributed by atoms with Crippen molar-refractivity contribution >= 4 is 39.0 Å². The summed E-state index contributed by atoms with van der Waals surface area (Å²) in [5, 5.41) is 3.64. The van der Waals surface area contributed by atoms with Crippen LogP contribution in [-0.2, 0) is 0 Å². The molecule has 1 aromatic carbocycles. The topological polar surface area (TPSA) is 37.8 Å². The summed E-state index contributed by atoms with van der Waals surface area (Å²) in [5.41, 5.74) is 2.33. The lowest BCUT2D eigenvalue weighted by molar-refractivity contribution is 0.620. The number of hydrogen-bond donors (Lipinski definition) is 1. The lowest BCUT2D eigenvalue weighted by Crippen LogP contribution is -2.06. The van der Waals surface area contributed by atoms with Crippen LogP contribution in [0.1, 0.15) is 36.7 Å². The fourth-order valence-corrected chi connectivity index (χ4v) is 2.31. The van der Waals surface area contributed by atoms with Gasteiger partial charge in [-0.3, -0.25) is 0 Å². The quantitative estimate of drug-likeness (QED) is 0.721. The number of aromatic nitrogens is 2. The van der Waals surface area contributed by atoms with Gasteiger partial charge >= 0.3 is 0 Å². The van der Waals surface area contributed by atoms with Crippen molar-refractivity contribution in [3.05, 3.63) is 44.5 Å². The van der Waals surface area contributed by atoms with E-state index >= 15 is 0 Å². The molecule has 0 unspecified atom stereocenters. The maximum atomic E-state index is 13.5. The Morgan fingerprint density at radius 1 is 1.24 bits per heavy atom. The van der Waals surface area contributed by atoms with E-state index in [1.165, 1.54) is 6.07 Å². The number of anilines is 2. The Bertz CT molecular complexity index is 689. The molecule has 0 amide bonds. The Balaban J connectivity index is 2.46. The number of hydrogen-bond acceptors (Lipinski definition) is 3. The Morgan fingerprint density at radius 2 is 1.90 bits per heavy atom. The van der Waals surface area contributed by atoms with Crippen LogP contribution in [0.2, 0.25) is 5.15 Å². The molecule has 2 aromatic rings. The van der Waals surface area contributed by atoms with Crippen molar-refractivity contribution in [1.29, 1.82) is 0 Å². The molecule has 0 bridgehead atoms. The average Bonchev–Trinajstić information content (AvgIpc) is 2.40. The Morgan fingerprint density at radius 3 is 2.52 bits per heavy atom. The fraction of sp³-hybridized carbons (Fsp3) is 0.333. The number of aryl methyl sites for hydroxylation is 1. The summed E-state index contributed by atoms with van der Waals surface area (Å²) in [7, 11) is 0. The number of rotatable bonds is 3. The van der Waals surface area contributed by atoms with Crippen molar-refractivity contribution < 1.29 is 4.39 Å². The molecule has 0 radical (unpaired) electrons. The molecule has 0 aliphatic rings. The minimum Gasteiger partial charge on any atom is -0.340 e. The van der Waals surface area contributed by atoms with Crippen molar-refractivity contribution in [3.8, 4) is 0 Å². The third kappa shape index (κ3) is 3.52. The van der Waals surface area contributed by atoms with Crippen LogP contribution in [0.4, 0.5) is 15.9 Å².